The first kappa shape index (κ1) is 21.4. The summed E-state index contributed by atoms with van der Waals surface area (Å²) >= 11 is 0. The average molecular weight is 475 g/mol. The smallest absolute Gasteiger partial charge is 0.338 e. The molecule has 0 atom stereocenters. The third-order valence-corrected chi connectivity index (χ3v) is 10.1. The summed E-state index contributed by atoms with van der Waals surface area (Å²) in [6.07, 6.45) is 13.3. The van der Waals surface area contributed by atoms with E-state index < -0.39 is 14.9 Å². The number of nitrogens with zero attached hydrogens (tertiary/aromatic N) is 6. The molecule has 4 aromatic rings. The molecule has 8 nitrogen and oxygen atoms in total. The third kappa shape index (κ3) is 3.43. The Morgan fingerprint density at radius 2 is 1.03 bits per heavy atom. The summed E-state index contributed by atoms with van der Waals surface area (Å²) in [5.41, 5.74) is 2.66. The number of aromatic nitrogens is 4. The van der Waals surface area contributed by atoms with Crippen LogP contribution in [0.2, 0.25) is 0 Å². The van der Waals surface area contributed by atoms with E-state index in [2.05, 4.69) is 19.9 Å². The van der Waals surface area contributed by atoms with Gasteiger partial charge in [-0.15, -0.1) is 0 Å². The Labute approximate surface area is 192 Å². The number of anilines is 4. The molecule has 1 aliphatic rings. The van der Waals surface area contributed by atoms with Crippen molar-refractivity contribution in [1.82, 2.24) is 19.9 Å². The van der Waals surface area contributed by atoms with Crippen LogP contribution in [0.5, 0.6) is 0 Å². The van der Waals surface area contributed by atoms with E-state index >= 15 is 0 Å². The fourth-order valence-corrected chi connectivity index (χ4v) is 7.88. The van der Waals surface area contributed by atoms with Gasteiger partial charge in [-0.2, -0.15) is 0 Å². The number of rotatable bonds is 0. The third-order valence-electron chi connectivity index (χ3n) is 5.91. The van der Waals surface area contributed by atoms with E-state index in [0.717, 1.165) is 0 Å². The Kier molecular flexibility index (Phi) is 5.28. The predicted octanol–water partition coefficient (Wildman–Crippen LogP) is 2.84. The van der Waals surface area contributed by atoms with Crippen LogP contribution in [-0.4, -0.2) is 40.7 Å². The first-order valence-corrected chi connectivity index (χ1v) is 13.6. The van der Waals surface area contributed by atoms with Crippen LogP contribution in [0.25, 0.3) is 0 Å². The molecule has 0 aliphatic carbocycles. The topological polar surface area (TPSA) is 92.2 Å². The SMILES string of the molecule is CN1c2cnccc2[P+](=O)c2ccncc2N(C)c2cnccc2P(C)(=O)c2ccncc21. The second-order valence-corrected chi connectivity index (χ2v) is 12.2. The van der Waals surface area contributed by atoms with Gasteiger partial charge < -0.3 is 14.4 Å². The van der Waals surface area contributed by atoms with Crippen molar-refractivity contribution in [3.63, 3.8) is 0 Å². The molecule has 5 heterocycles. The average Bonchev–Trinajstić information content (AvgIpc) is 2.87. The number of hydrogen-bond acceptors (Lipinski definition) is 8. The maximum atomic E-state index is 14.5. The standard InChI is InChI=1S/C23H21N6O2P2/c1-28-16-12-24-8-4-20(16)32(30)21-5-9-25-13-17(21)29(2)19-15-27-11-7-23(19)33(3,31)22-6-10-26-14-18(22)28/h4-15H,1-3H3/q+1. The molecule has 0 bridgehead atoms. The highest BCUT2D eigenvalue weighted by atomic mass is 31.2. The Hall–Kier alpha value is -3.47. The van der Waals surface area contributed by atoms with Crippen molar-refractivity contribution in [2.75, 3.05) is 30.6 Å². The van der Waals surface area contributed by atoms with Gasteiger partial charge in [-0.05, 0) is 18.8 Å². The van der Waals surface area contributed by atoms with Crippen molar-refractivity contribution in [3.8, 4) is 0 Å². The molecule has 0 saturated heterocycles. The molecule has 33 heavy (non-hydrogen) atoms. The summed E-state index contributed by atoms with van der Waals surface area (Å²) < 4.78 is 28.4. The van der Waals surface area contributed by atoms with E-state index in [-0.39, 0.29) is 0 Å². The van der Waals surface area contributed by atoms with E-state index in [0.29, 0.717) is 44.0 Å². The lowest BCUT2D eigenvalue weighted by Gasteiger charge is -2.28. The molecule has 10 heteroatoms. The second-order valence-electron chi connectivity index (χ2n) is 7.79. The fourth-order valence-electron chi connectivity index (χ4n) is 4.13. The van der Waals surface area contributed by atoms with Crippen LogP contribution >= 0.6 is 14.9 Å². The van der Waals surface area contributed by atoms with Crippen LogP contribution in [0.1, 0.15) is 0 Å². The van der Waals surface area contributed by atoms with Crippen molar-refractivity contribution < 1.29 is 9.13 Å². The Morgan fingerprint density at radius 3 is 1.45 bits per heavy atom. The molecule has 0 unspecified atom stereocenters. The Morgan fingerprint density at radius 1 is 0.667 bits per heavy atom. The first-order chi connectivity index (χ1) is 15.9. The maximum Gasteiger partial charge on any atom is 0.419 e. The van der Waals surface area contributed by atoms with Gasteiger partial charge in [-0.25, -0.2) is 0 Å². The van der Waals surface area contributed by atoms with Crippen LogP contribution in [0.15, 0.2) is 73.8 Å². The molecule has 4 aromatic heterocycles. The van der Waals surface area contributed by atoms with Gasteiger partial charge in [-0.3, -0.25) is 19.9 Å². The lowest BCUT2D eigenvalue weighted by atomic mass is 10.3. The van der Waals surface area contributed by atoms with Crippen molar-refractivity contribution in [3.05, 3.63) is 73.8 Å². The van der Waals surface area contributed by atoms with Gasteiger partial charge >= 0.3 is 7.80 Å². The largest absolute Gasteiger partial charge is 0.419 e. The lowest BCUT2D eigenvalue weighted by molar-refractivity contribution is 0.590. The Balaban J connectivity index is 1.90. The molecule has 0 saturated carbocycles. The van der Waals surface area contributed by atoms with E-state index in [1.807, 2.05) is 23.9 Å². The summed E-state index contributed by atoms with van der Waals surface area (Å²) in [4.78, 5) is 20.9. The molecular weight excluding hydrogens is 454 g/mol. The normalized spacial score (nSPS) is 18.8. The summed E-state index contributed by atoms with van der Waals surface area (Å²) in [5, 5.41) is 2.54. The van der Waals surface area contributed by atoms with Crippen LogP contribution < -0.4 is 31.0 Å². The Bertz CT molecular complexity index is 1340. The molecule has 0 amide bonds. The van der Waals surface area contributed by atoms with Crippen molar-refractivity contribution in [1.29, 1.82) is 0 Å². The minimum Gasteiger partial charge on any atom is -0.338 e. The number of hydrogen-bond donors (Lipinski definition) is 0. The van der Waals surface area contributed by atoms with Gasteiger partial charge in [0.2, 0.25) is 10.6 Å². The summed E-state index contributed by atoms with van der Waals surface area (Å²) in [6.45, 7) is 1.76. The number of fused-ring (bicyclic) bond motifs is 4. The van der Waals surface area contributed by atoms with E-state index in [4.69, 9.17) is 0 Å². The molecule has 1 aliphatic heterocycles. The predicted molar refractivity (Wildman–Crippen MR) is 133 cm³/mol. The van der Waals surface area contributed by atoms with Gasteiger partial charge in [-0.1, -0.05) is 4.57 Å². The van der Waals surface area contributed by atoms with E-state index in [1.165, 1.54) is 0 Å². The minimum absolute atomic E-state index is 0.621. The quantitative estimate of drug-likeness (QED) is 0.359. The molecule has 0 fully saturated rings. The van der Waals surface area contributed by atoms with Gasteiger partial charge in [0, 0.05) is 61.6 Å². The summed E-state index contributed by atoms with van der Waals surface area (Å²) in [7, 11) is -1.40. The minimum atomic E-state index is -3.11. The second kappa shape index (κ2) is 8.14. The van der Waals surface area contributed by atoms with Gasteiger partial charge in [0.1, 0.15) is 18.5 Å². The van der Waals surface area contributed by atoms with Crippen LogP contribution in [-0.2, 0) is 9.13 Å². The molecule has 0 radical (unpaired) electrons. The number of pyridine rings is 4. The zero-order chi connectivity index (χ0) is 23.2. The molecule has 0 N–H and O–H groups in total. The lowest BCUT2D eigenvalue weighted by Crippen LogP contribution is -2.31. The molecule has 0 aromatic carbocycles. The van der Waals surface area contributed by atoms with Gasteiger partial charge in [0.25, 0.3) is 0 Å². The monoisotopic (exact) mass is 475 g/mol. The zero-order valence-electron chi connectivity index (χ0n) is 18.3. The zero-order valence-corrected chi connectivity index (χ0v) is 20.1. The fraction of sp³-hybridized carbons (Fsp3) is 0.130. The van der Waals surface area contributed by atoms with Crippen LogP contribution in [0.4, 0.5) is 22.7 Å². The first-order valence-electron chi connectivity index (χ1n) is 10.2. The van der Waals surface area contributed by atoms with Crippen molar-refractivity contribution >= 4 is 58.9 Å². The molecule has 5 rings (SSSR count). The summed E-state index contributed by atoms with van der Waals surface area (Å²) in [6, 6.07) is 7.09. The molecular formula is C23H21N6O2P2+. The van der Waals surface area contributed by atoms with Gasteiger partial charge in [0.05, 0.1) is 36.2 Å². The van der Waals surface area contributed by atoms with Crippen molar-refractivity contribution in [2.45, 2.75) is 0 Å². The van der Waals surface area contributed by atoms with Crippen molar-refractivity contribution in [2.24, 2.45) is 0 Å². The van der Waals surface area contributed by atoms with E-state index in [1.54, 1.807) is 80.5 Å². The van der Waals surface area contributed by atoms with E-state index in [9.17, 15) is 9.13 Å². The maximum absolute atomic E-state index is 14.5. The summed E-state index contributed by atoms with van der Waals surface area (Å²) in [5.74, 6) is 0. The highest BCUT2D eigenvalue weighted by molar-refractivity contribution is 7.78. The highest BCUT2D eigenvalue weighted by Gasteiger charge is 2.37. The highest BCUT2D eigenvalue weighted by Crippen LogP contribution is 2.46. The molecule has 164 valence electrons. The van der Waals surface area contributed by atoms with Crippen LogP contribution in [0.3, 0.4) is 0 Å². The van der Waals surface area contributed by atoms with Crippen LogP contribution in [0, 0.1) is 0 Å². The van der Waals surface area contributed by atoms with Gasteiger partial charge in [0.15, 0.2) is 0 Å². The molecule has 0 spiro atoms.